The Kier molecular flexibility index (Phi) is 6.93. The van der Waals surface area contributed by atoms with Gasteiger partial charge in [-0.1, -0.05) is 30.3 Å². The van der Waals surface area contributed by atoms with Crippen molar-refractivity contribution in [2.45, 2.75) is 36.5 Å². The molecule has 1 fully saturated rings. The van der Waals surface area contributed by atoms with Crippen molar-refractivity contribution < 1.29 is 22.4 Å². The van der Waals surface area contributed by atoms with E-state index in [-0.39, 0.29) is 34.6 Å². The van der Waals surface area contributed by atoms with Crippen LogP contribution in [0, 0.1) is 0 Å². The highest BCUT2D eigenvalue weighted by molar-refractivity contribution is 7.90. The number of nitrogens with one attached hydrogen (secondary N) is 1. The Morgan fingerprint density at radius 2 is 1.67 bits per heavy atom. The third kappa shape index (κ3) is 5.70. The number of likely N-dealkylation sites (tertiary alicyclic amines) is 1. The smallest absolute Gasteiger partial charge is 0.287 e. The lowest BCUT2D eigenvalue weighted by Crippen LogP contribution is -2.35. The van der Waals surface area contributed by atoms with E-state index in [0.29, 0.717) is 5.56 Å². The number of rotatable bonds is 7. The number of hydrogen-bond acceptors (Lipinski definition) is 5. The second-order valence-corrected chi connectivity index (χ2v) is 10.1. The van der Waals surface area contributed by atoms with E-state index in [4.69, 9.17) is 4.42 Å². The van der Waals surface area contributed by atoms with Crippen molar-refractivity contribution in [2.75, 3.05) is 13.1 Å². The zero-order valence-electron chi connectivity index (χ0n) is 18.2. The van der Waals surface area contributed by atoms with Crippen molar-refractivity contribution in [2.24, 2.45) is 0 Å². The molecule has 1 aromatic heterocycles. The topological polar surface area (TPSA) is 96.7 Å². The molecule has 0 bridgehead atoms. The number of benzene rings is 2. The SMILES string of the molecule is O=C(NCc1cccc(C(=O)N2CCCCC2)c1)c1ccc(CS(=O)(=O)c2ccccc2)o1. The zero-order chi connectivity index (χ0) is 23.3. The van der Waals surface area contributed by atoms with Gasteiger partial charge in [-0.2, -0.15) is 0 Å². The predicted octanol–water partition coefficient (Wildman–Crippen LogP) is 3.81. The molecular weight excluding hydrogens is 440 g/mol. The summed E-state index contributed by atoms with van der Waals surface area (Å²) in [6, 6.07) is 18.3. The van der Waals surface area contributed by atoms with Crippen LogP contribution in [0.4, 0.5) is 0 Å². The molecule has 1 aliphatic heterocycles. The Labute approximate surface area is 193 Å². The largest absolute Gasteiger partial charge is 0.455 e. The molecule has 2 heterocycles. The van der Waals surface area contributed by atoms with Crippen LogP contribution in [-0.2, 0) is 22.1 Å². The fourth-order valence-electron chi connectivity index (χ4n) is 3.84. The van der Waals surface area contributed by atoms with Crippen LogP contribution in [0.3, 0.4) is 0 Å². The number of nitrogens with zero attached hydrogens (tertiary/aromatic N) is 1. The first-order valence-corrected chi connectivity index (χ1v) is 12.6. The van der Waals surface area contributed by atoms with E-state index in [1.54, 1.807) is 36.4 Å². The first-order valence-electron chi connectivity index (χ1n) is 11.0. The summed E-state index contributed by atoms with van der Waals surface area (Å²) >= 11 is 0. The van der Waals surface area contributed by atoms with Crippen LogP contribution in [0.25, 0.3) is 0 Å². The summed E-state index contributed by atoms with van der Waals surface area (Å²) in [5.74, 6) is -0.540. The summed E-state index contributed by atoms with van der Waals surface area (Å²) in [6.07, 6.45) is 3.21. The van der Waals surface area contributed by atoms with Gasteiger partial charge in [0.25, 0.3) is 11.8 Å². The third-order valence-electron chi connectivity index (χ3n) is 5.59. The van der Waals surface area contributed by atoms with Crippen LogP contribution < -0.4 is 5.32 Å². The van der Waals surface area contributed by atoms with E-state index in [0.717, 1.165) is 37.9 Å². The van der Waals surface area contributed by atoms with E-state index in [9.17, 15) is 18.0 Å². The summed E-state index contributed by atoms with van der Waals surface area (Å²) in [5.41, 5.74) is 1.40. The summed E-state index contributed by atoms with van der Waals surface area (Å²) in [6.45, 7) is 1.78. The molecule has 0 saturated carbocycles. The Balaban J connectivity index is 1.36. The van der Waals surface area contributed by atoms with E-state index >= 15 is 0 Å². The van der Waals surface area contributed by atoms with Crippen LogP contribution >= 0.6 is 0 Å². The predicted molar refractivity (Wildman–Crippen MR) is 123 cm³/mol. The van der Waals surface area contributed by atoms with Crippen LogP contribution in [0.2, 0.25) is 0 Å². The molecule has 1 N–H and O–H groups in total. The Hall–Kier alpha value is -3.39. The van der Waals surface area contributed by atoms with Crippen molar-refractivity contribution in [3.05, 3.63) is 89.4 Å². The summed E-state index contributed by atoms with van der Waals surface area (Å²) in [4.78, 5) is 27.3. The molecule has 0 radical (unpaired) electrons. The van der Waals surface area contributed by atoms with Crippen molar-refractivity contribution in [3.8, 4) is 0 Å². The van der Waals surface area contributed by atoms with Crippen LogP contribution in [0.1, 0.15) is 51.5 Å². The minimum Gasteiger partial charge on any atom is -0.455 e. The molecular formula is C25H26N2O5S. The average Bonchev–Trinajstić information content (AvgIpc) is 3.31. The van der Waals surface area contributed by atoms with Gasteiger partial charge >= 0.3 is 0 Å². The Bertz CT molecular complexity index is 1230. The van der Waals surface area contributed by atoms with E-state index in [2.05, 4.69) is 5.32 Å². The molecule has 2 aromatic carbocycles. The van der Waals surface area contributed by atoms with Gasteiger partial charge in [-0.15, -0.1) is 0 Å². The van der Waals surface area contributed by atoms with Crippen LogP contribution in [0.15, 0.2) is 76.0 Å². The molecule has 0 atom stereocenters. The highest BCUT2D eigenvalue weighted by Gasteiger charge is 2.20. The van der Waals surface area contributed by atoms with E-state index < -0.39 is 15.7 Å². The molecule has 33 heavy (non-hydrogen) atoms. The number of amides is 2. The second-order valence-electron chi connectivity index (χ2n) is 8.07. The molecule has 1 aliphatic rings. The first kappa shape index (κ1) is 22.8. The molecule has 0 aliphatic carbocycles. The van der Waals surface area contributed by atoms with Gasteiger partial charge in [0.05, 0.1) is 4.90 Å². The van der Waals surface area contributed by atoms with Crippen molar-refractivity contribution in [1.82, 2.24) is 10.2 Å². The fraction of sp³-hybridized carbons (Fsp3) is 0.280. The first-order chi connectivity index (χ1) is 15.9. The maximum Gasteiger partial charge on any atom is 0.287 e. The molecule has 3 aromatic rings. The molecule has 0 spiro atoms. The van der Waals surface area contributed by atoms with Gasteiger partial charge in [0.2, 0.25) is 0 Å². The molecule has 4 rings (SSSR count). The van der Waals surface area contributed by atoms with Crippen LogP contribution in [-0.4, -0.2) is 38.2 Å². The maximum atomic E-state index is 12.7. The molecule has 0 unspecified atom stereocenters. The Morgan fingerprint density at radius 1 is 0.909 bits per heavy atom. The van der Waals surface area contributed by atoms with Gasteiger partial charge in [0.15, 0.2) is 15.6 Å². The van der Waals surface area contributed by atoms with Crippen LogP contribution in [0.5, 0.6) is 0 Å². The zero-order valence-corrected chi connectivity index (χ0v) is 19.0. The quantitative estimate of drug-likeness (QED) is 0.571. The van der Waals surface area contributed by atoms with Gasteiger partial charge in [-0.25, -0.2) is 8.42 Å². The highest BCUT2D eigenvalue weighted by atomic mass is 32.2. The normalized spacial score (nSPS) is 14.1. The minimum atomic E-state index is -3.56. The monoisotopic (exact) mass is 466 g/mol. The number of hydrogen-bond donors (Lipinski definition) is 1. The van der Waals surface area contributed by atoms with Gasteiger partial charge in [-0.3, -0.25) is 9.59 Å². The summed E-state index contributed by atoms with van der Waals surface area (Å²) < 4.78 is 30.5. The van der Waals surface area contributed by atoms with Gasteiger partial charge < -0.3 is 14.6 Å². The summed E-state index contributed by atoms with van der Waals surface area (Å²) in [5, 5.41) is 2.76. The third-order valence-corrected chi connectivity index (χ3v) is 7.25. The minimum absolute atomic E-state index is 0.0122. The van der Waals surface area contributed by atoms with E-state index in [1.807, 2.05) is 11.0 Å². The molecule has 1 saturated heterocycles. The Morgan fingerprint density at radius 3 is 2.42 bits per heavy atom. The number of carbonyl (C=O) groups is 2. The lowest BCUT2D eigenvalue weighted by Gasteiger charge is -2.26. The van der Waals surface area contributed by atoms with E-state index in [1.165, 1.54) is 24.3 Å². The maximum absolute atomic E-state index is 12.7. The number of piperidine rings is 1. The van der Waals surface area contributed by atoms with Crippen molar-refractivity contribution >= 4 is 21.7 Å². The number of sulfone groups is 1. The lowest BCUT2D eigenvalue weighted by molar-refractivity contribution is 0.0724. The lowest BCUT2D eigenvalue weighted by atomic mass is 10.1. The molecule has 2 amide bonds. The second kappa shape index (κ2) is 10.0. The average molecular weight is 467 g/mol. The van der Waals surface area contributed by atoms with Crippen molar-refractivity contribution in [3.63, 3.8) is 0 Å². The molecule has 8 heteroatoms. The fourth-order valence-corrected chi connectivity index (χ4v) is 5.11. The molecule has 7 nitrogen and oxygen atoms in total. The van der Waals surface area contributed by atoms with Gasteiger partial charge in [-0.05, 0) is 61.2 Å². The molecule has 172 valence electrons. The number of carbonyl (C=O) groups excluding carboxylic acids is 2. The van der Waals surface area contributed by atoms with Gasteiger partial charge in [0, 0.05) is 25.2 Å². The van der Waals surface area contributed by atoms with Crippen molar-refractivity contribution in [1.29, 1.82) is 0 Å². The standard InChI is InChI=1S/C25H26N2O5S/c28-24(23-13-12-21(32-23)18-33(30,31)22-10-3-1-4-11-22)26-17-19-8-7-9-20(16-19)25(29)27-14-5-2-6-15-27/h1,3-4,7-13,16H,2,5-6,14-15,17-18H2,(H,26,28). The highest BCUT2D eigenvalue weighted by Crippen LogP contribution is 2.18. The summed E-state index contributed by atoms with van der Waals surface area (Å²) in [7, 11) is -3.56. The van der Waals surface area contributed by atoms with Gasteiger partial charge in [0.1, 0.15) is 11.5 Å². The number of furan rings is 1.